The highest BCUT2D eigenvalue weighted by Crippen LogP contribution is 2.40. The summed E-state index contributed by atoms with van der Waals surface area (Å²) in [6.45, 7) is 0.183. The topological polar surface area (TPSA) is 44.0 Å². The molecule has 0 saturated carbocycles. The lowest BCUT2D eigenvalue weighted by atomic mass is 10.1. The van der Waals surface area contributed by atoms with Gasteiger partial charge in [0.05, 0.1) is 16.7 Å². The van der Waals surface area contributed by atoms with E-state index in [9.17, 15) is 0 Å². The third kappa shape index (κ3) is 4.78. The number of aromatic nitrogens is 1. The van der Waals surface area contributed by atoms with Crippen LogP contribution in [-0.2, 0) is 6.54 Å². The highest BCUT2D eigenvalue weighted by Gasteiger charge is 2.17. The van der Waals surface area contributed by atoms with E-state index in [1.807, 2.05) is 18.2 Å². The lowest BCUT2D eigenvalue weighted by Gasteiger charge is -2.27. The van der Waals surface area contributed by atoms with Crippen LogP contribution in [0.3, 0.4) is 0 Å². The van der Waals surface area contributed by atoms with Crippen LogP contribution < -0.4 is 10.2 Å². The summed E-state index contributed by atoms with van der Waals surface area (Å²) in [7, 11) is 0. The van der Waals surface area contributed by atoms with Gasteiger partial charge in [0.2, 0.25) is 0 Å². The number of fused-ring (bicyclic) bond motifs is 4. The van der Waals surface area contributed by atoms with Crippen LogP contribution in [0.15, 0.2) is 164 Å². The van der Waals surface area contributed by atoms with Crippen LogP contribution in [0.4, 0.5) is 28.4 Å². The quantitative estimate of drug-likeness (QED) is 0.204. The van der Waals surface area contributed by atoms with Crippen LogP contribution in [0, 0.1) is 0 Å². The molecule has 4 heteroatoms. The third-order valence-electron chi connectivity index (χ3n) is 8.53. The molecule has 0 radical (unpaired) electrons. The summed E-state index contributed by atoms with van der Waals surface area (Å²) in [6, 6.07) is 57.5. The maximum absolute atomic E-state index is 8.38. The minimum absolute atomic E-state index is 0.183. The maximum atomic E-state index is 8.38. The molecule has 45 heavy (non-hydrogen) atoms. The fraction of sp³-hybridized carbons (Fsp3) is 0.0244. The lowest BCUT2D eigenvalue weighted by Crippen LogP contribution is -2.10. The Morgan fingerprint density at radius 1 is 0.533 bits per heavy atom. The van der Waals surface area contributed by atoms with Crippen molar-refractivity contribution in [2.24, 2.45) is 0 Å². The molecule has 0 aliphatic rings. The highest BCUT2D eigenvalue weighted by molar-refractivity contribution is 6.11. The molecule has 1 aromatic heterocycles. The first-order valence-corrected chi connectivity index (χ1v) is 15.2. The zero-order chi connectivity index (χ0) is 30.2. The summed E-state index contributed by atoms with van der Waals surface area (Å²) >= 11 is 0. The Balaban J connectivity index is 1.27. The van der Waals surface area contributed by atoms with Crippen molar-refractivity contribution in [3.05, 3.63) is 175 Å². The van der Waals surface area contributed by atoms with Crippen LogP contribution in [0.25, 0.3) is 44.0 Å². The third-order valence-corrected chi connectivity index (χ3v) is 8.53. The summed E-state index contributed by atoms with van der Waals surface area (Å²) in [4.78, 5) is 2.33. The molecule has 0 bridgehead atoms. The SMILES string of the molecule is [NH-]Cc1cc2c(cc1Nc1ccccc1)c1ccccc1n2-c1ccc(N(c2ccccc2)c2cccc3ccccc23)cc1. The zero-order valence-electron chi connectivity index (χ0n) is 24.7. The second-order valence-corrected chi connectivity index (χ2v) is 11.2. The molecule has 0 unspecified atom stereocenters. The van der Waals surface area contributed by atoms with Gasteiger partial charge < -0.3 is 20.5 Å². The normalized spacial score (nSPS) is 11.3. The smallest absolute Gasteiger partial charge is 0.0544 e. The number of rotatable bonds is 7. The molecule has 0 fully saturated rings. The summed E-state index contributed by atoms with van der Waals surface area (Å²) in [5.41, 5.74) is 18.0. The monoisotopic (exact) mass is 579 g/mol. The molecule has 0 aliphatic heterocycles. The average molecular weight is 580 g/mol. The van der Waals surface area contributed by atoms with Gasteiger partial charge in [0.15, 0.2) is 0 Å². The van der Waals surface area contributed by atoms with Gasteiger partial charge in [-0.05, 0) is 83.7 Å². The minimum Gasteiger partial charge on any atom is -0.674 e. The van der Waals surface area contributed by atoms with E-state index in [-0.39, 0.29) is 6.54 Å². The standard InChI is InChI=1S/C41H31N4/c42-28-30-26-41-37(27-38(30)43-31-14-3-1-4-15-31)36-19-9-10-20-40(36)45(41)34-24-22-33(23-25-34)44(32-16-5-2-6-17-32)39-21-11-13-29-12-7-8-18-35(29)39/h1-27,42-43H,28H2/q-1. The van der Waals surface area contributed by atoms with Crippen molar-refractivity contribution in [3.8, 4) is 5.69 Å². The summed E-state index contributed by atoms with van der Waals surface area (Å²) in [6.07, 6.45) is 0. The van der Waals surface area contributed by atoms with Gasteiger partial charge in [-0.25, -0.2) is 0 Å². The molecule has 7 aromatic carbocycles. The van der Waals surface area contributed by atoms with E-state index in [1.165, 1.54) is 16.2 Å². The largest absolute Gasteiger partial charge is 0.674 e. The van der Waals surface area contributed by atoms with Crippen LogP contribution in [0.2, 0.25) is 0 Å². The van der Waals surface area contributed by atoms with Crippen molar-refractivity contribution in [1.29, 1.82) is 0 Å². The molecule has 2 N–H and O–H groups in total. The molecule has 1 heterocycles. The molecule has 0 atom stereocenters. The molecule has 0 amide bonds. The molecule has 216 valence electrons. The Bertz CT molecular complexity index is 2260. The molecular weight excluding hydrogens is 548 g/mol. The van der Waals surface area contributed by atoms with Gasteiger partial charge in [0, 0.05) is 44.6 Å². The number of hydrogen-bond acceptors (Lipinski definition) is 2. The zero-order valence-corrected chi connectivity index (χ0v) is 24.7. The molecule has 0 saturated heterocycles. The molecule has 0 spiro atoms. The van der Waals surface area contributed by atoms with Gasteiger partial charge in [-0.1, -0.05) is 91.0 Å². The number of benzene rings is 7. The number of hydrogen-bond donors (Lipinski definition) is 1. The van der Waals surface area contributed by atoms with Crippen molar-refractivity contribution in [3.63, 3.8) is 0 Å². The Hall–Kier alpha value is -5.84. The number of para-hydroxylation sites is 3. The summed E-state index contributed by atoms with van der Waals surface area (Å²) in [5, 5.41) is 8.32. The summed E-state index contributed by atoms with van der Waals surface area (Å²) in [5.74, 6) is 0. The Kier molecular flexibility index (Phi) is 6.75. The summed E-state index contributed by atoms with van der Waals surface area (Å²) < 4.78 is 2.32. The van der Waals surface area contributed by atoms with Crippen LogP contribution in [0.1, 0.15) is 5.56 Å². The number of nitrogens with one attached hydrogen (secondary N) is 2. The maximum Gasteiger partial charge on any atom is 0.0544 e. The van der Waals surface area contributed by atoms with Gasteiger partial charge in [-0.2, -0.15) is 0 Å². The Morgan fingerprint density at radius 2 is 1.18 bits per heavy atom. The predicted octanol–water partition coefficient (Wildman–Crippen LogP) is 11.7. The van der Waals surface area contributed by atoms with E-state index in [1.54, 1.807) is 0 Å². The molecule has 8 rings (SSSR count). The Labute approximate surface area is 262 Å². The van der Waals surface area contributed by atoms with E-state index >= 15 is 0 Å². The second kappa shape index (κ2) is 11.3. The second-order valence-electron chi connectivity index (χ2n) is 11.2. The fourth-order valence-electron chi connectivity index (χ4n) is 6.43. The molecule has 0 aliphatic carbocycles. The number of anilines is 5. The van der Waals surface area contributed by atoms with E-state index in [0.717, 1.165) is 56.1 Å². The average Bonchev–Trinajstić information content (AvgIpc) is 3.42. The van der Waals surface area contributed by atoms with Crippen LogP contribution in [-0.4, -0.2) is 4.57 Å². The molecule has 4 nitrogen and oxygen atoms in total. The first kappa shape index (κ1) is 26.8. The van der Waals surface area contributed by atoms with Crippen molar-refractivity contribution < 1.29 is 0 Å². The van der Waals surface area contributed by atoms with E-state index < -0.39 is 0 Å². The van der Waals surface area contributed by atoms with Gasteiger partial charge in [-0.15, -0.1) is 6.54 Å². The van der Waals surface area contributed by atoms with Crippen molar-refractivity contribution >= 4 is 61.0 Å². The predicted molar refractivity (Wildman–Crippen MR) is 191 cm³/mol. The van der Waals surface area contributed by atoms with Gasteiger partial charge in [0.1, 0.15) is 0 Å². The molecular formula is C41H31N4-. The van der Waals surface area contributed by atoms with Gasteiger partial charge in [-0.3, -0.25) is 0 Å². The highest BCUT2D eigenvalue weighted by atomic mass is 15.1. The van der Waals surface area contributed by atoms with Gasteiger partial charge >= 0.3 is 0 Å². The van der Waals surface area contributed by atoms with E-state index in [2.05, 4.69) is 160 Å². The van der Waals surface area contributed by atoms with Gasteiger partial charge in [0.25, 0.3) is 0 Å². The lowest BCUT2D eigenvalue weighted by molar-refractivity contribution is 1.17. The van der Waals surface area contributed by atoms with Crippen molar-refractivity contribution in [2.45, 2.75) is 6.54 Å². The number of nitrogens with zero attached hydrogens (tertiary/aromatic N) is 2. The first-order chi connectivity index (χ1) is 22.3. The van der Waals surface area contributed by atoms with Crippen LogP contribution >= 0.6 is 0 Å². The van der Waals surface area contributed by atoms with Crippen molar-refractivity contribution in [2.75, 3.05) is 10.2 Å². The first-order valence-electron chi connectivity index (χ1n) is 15.2. The fourth-order valence-corrected chi connectivity index (χ4v) is 6.43. The Morgan fingerprint density at radius 3 is 1.96 bits per heavy atom. The van der Waals surface area contributed by atoms with Crippen molar-refractivity contribution in [1.82, 2.24) is 4.57 Å². The molecule has 8 aromatic rings. The van der Waals surface area contributed by atoms with E-state index in [4.69, 9.17) is 5.73 Å². The van der Waals surface area contributed by atoms with Crippen LogP contribution in [0.5, 0.6) is 0 Å². The van der Waals surface area contributed by atoms with E-state index in [0.29, 0.717) is 0 Å². The minimum atomic E-state index is 0.183.